The van der Waals surface area contributed by atoms with Crippen LogP contribution in [0.15, 0.2) is 65.7 Å². The van der Waals surface area contributed by atoms with Crippen molar-refractivity contribution in [3.63, 3.8) is 0 Å². The van der Waals surface area contributed by atoms with Crippen LogP contribution in [0.2, 0.25) is 0 Å². The average molecular weight is 354 g/mol. The molecule has 1 aromatic carbocycles. The van der Waals surface area contributed by atoms with E-state index in [2.05, 4.69) is 24.1 Å². The first-order valence-electron chi connectivity index (χ1n) is 9.17. The number of nitrogens with one attached hydrogen (secondary N) is 1. The molecular weight excluding hydrogens is 328 g/mol. The van der Waals surface area contributed by atoms with E-state index in [0.29, 0.717) is 12.4 Å². The Kier molecular flexibility index (Phi) is 5.66. The molecule has 138 valence electrons. The van der Waals surface area contributed by atoms with Crippen LogP contribution in [-0.2, 0) is 16.1 Å². The number of rotatable bonds is 7. The van der Waals surface area contributed by atoms with Crippen molar-refractivity contribution in [2.24, 2.45) is 0 Å². The zero-order valence-electron chi connectivity index (χ0n) is 15.3. The lowest BCUT2D eigenvalue weighted by Crippen LogP contribution is -2.54. The smallest absolute Gasteiger partial charge is 0.339 e. The number of allylic oxidation sites excluding steroid dienone is 2. The van der Waals surface area contributed by atoms with Gasteiger partial charge in [0.15, 0.2) is 0 Å². The molecule has 5 heteroatoms. The third kappa shape index (κ3) is 3.77. The quantitative estimate of drug-likeness (QED) is 0.781. The molecule has 1 aromatic rings. The van der Waals surface area contributed by atoms with Gasteiger partial charge in [-0.2, -0.15) is 0 Å². The summed E-state index contributed by atoms with van der Waals surface area (Å²) in [4.78, 5) is 14.1. The number of benzene rings is 1. The summed E-state index contributed by atoms with van der Waals surface area (Å²) >= 11 is 0. The van der Waals surface area contributed by atoms with E-state index >= 15 is 0 Å². The number of fused-ring (bicyclic) bond motifs is 1. The van der Waals surface area contributed by atoms with Crippen LogP contribution in [0.5, 0.6) is 0 Å². The first-order valence-corrected chi connectivity index (χ1v) is 9.17. The molecule has 3 rings (SSSR count). The van der Waals surface area contributed by atoms with Crippen LogP contribution in [0, 0.1) is 0 Å². The Bertz CT molecular complexity index is 737. The summed E-state index contributed by atoms with van der Waals surface area (Å²) in [5.41, 5.74) is 2.40. The molecule has 2 heterocycles. The Hall–Kier alpha value is -2.69. The number of hydrogen-bond donors (Lipinski definition) is 2. The van der Waals surface area contributed by atoms with E-state index in [-0.39, 0.29) is 11.6 Å². The van der Waals surface area contributed by atoms with Crippen molar-refractivity contribution in [1.29, 1.82) is 0 Å². The largest absolute Gasteiger partial charge is 0.488 e. The molecule has 0 aliphatic carbocycles. The topological polar surface area (TPSA) is 61.8 Å². The van der Waals surface area contributed by atoms with E-state index in [1.165, 1.54) is 0 Å². The maximum atomic E-state index is 12.0. The summed E-state index contributed by atoms with van der Waals surface area (Å²) in [6.45, 7) is 4.59. The Morgan fingerprint density at radius 1 is 1.31 bits per heavy atom. The lowest BCUT2D eigenvalue weighted by molar-refractivity contribution is -0.134. The lowest BCUT2D eigenvalue weighted by Gasteiger charge is -2.44. The molecule has 2 atom stereocenters. The number of nitrogens with zero attached hydrogens (tertiary/aromatic N) is 1. The van der Waals surface area contributed by atoms with E-state index < -0.39 is 12.1 Å². The van der Waals surface area contributed by atoms with E-state index in [9.17, 15) is 9.90 Å². The minimum absolute atomic E-state index is 0.134. The van der Waals surface area contributed by atoms with Gasteiger partial charge in [-0.25, -0.2) is 4.79 Å². The Balaban J connectivity index is 1.94. The fraction of sp³-hybridized carbons (Fsp3) is 0.381. The average Bonchev–Trinajstić information content (AvgIpc) is 2.64. The zero-order chi connectivity index (χ0) is 18.5. The van der Waals surface area contributed by atoms with Gasteiger partial charge >= 0.3 is 5.97 Å². The maximum absolute atomic E-state index is 12.0. The molecule has 2 aliphatic heterocycles. The van der Waals surface area contributed by atoms with Crippen LogP contribution >= 0.6 is 0 Å². The summed E-state index contributed by atoms with van der Waals surface area (Å²) in [6.07, 6.45) is 8.43. The number of hydrogen-bond acceptors (Lipinski definition) is 4. The van der Waals surface area contributed by atoms with Gasteiger partial charge in [0.25, 0.3) is 0 Å². The van der Waals surface area contributed by atoms with Crippen molar-refractivity contribution in [1.82, 2.24) is 10.2 Å². The summed E-state index contributed by atoms with van der Waals surface area (Å²) < 4.78 is 5.97. The highest BCUT2D eigenvalue weighted by Gasteiger charge is 2.38. The molecule has 2 aliphatic rings. The van der Waals surface area contributed by atoms with Gasteiger partial charge in [-0.05, 0) is 37.6 Å². The molecule has 0 aromatic heterocycles. The van der Waals surface area contributed by atoms with Crippen molar-refractivity contribution in [3.05, 3.63) is 71.3 Å². The number of ether oxygens (including phenoxy) is 1. The lowest BCUT2D eigenvalue weighted by atomic mass is 9.98. The van der Waals surface area contributed by atoms with E-state index in [0.717, 1.165) is 30.5 Å². The molecule has 0 fully saturated rings. The molecule has 0 amide bonds. The second kappa shape index (κ2) is 8.13. The fourth-order valence-electron chi connectivity index (χ4n) is 3.42. The maximum Gasteiger partial charge on any atom is 0.339 e. The van der Waals surface area contributed by atoms with Gasteiger partial charge in [0.05, 0.1) is 0 Å². The van der Waals surface area contributed by atoms with Crippen LogP contribution in [0.25, 0.3) is 0 Å². The highest BCUT2D eigenvalue weighted by atomic mass is 16.5. The van der Waals surface area contributed by atoms with Crippen LogP contribution < -0.4 is 5.32 Å². The van der Waals surface area contributed by atoms with Gasteiger partial charge in [0.1, 0.15) is 24.1 Å². The van der Waals surface area contributed by atoms with Gasteiger partial charge in [0, 0.05) is 17.8 Å². The Morgan fingerprint density at radius 3 is 2.77 bits per heavy atom. The van der Waals surface area contributed by atoms with Crippen LogP contribution in [-0.4, -0.2) is 28.2 Å². The molecule has 2 N–H and O–H groups in total. The number of carboxylic acids is 1. The predicted molar refractivity (Wildman–Crippen MR) is 101 cm³/mol. The molecule has 26 heavy (non-hydrogen) atoms. The van der Waals surface area contributed by atoms with E-state index in [1.807, 2.05) is 48.7 Å². The Morgan fingerprint density at radius 2 is 2.08 bits per heavy atom. The van der Waals surface area contributed by atoms with Gasteiger partial charge < -0.3 is 20.1 Å². The molecule has 0 bridgehead atoms. The first-order chi connectivity index (χ1) is 12.6. The molecule has 0 saturated heterocycles. The fourth-order valence-corrected chi connectivity index (χ4v) is 3.42. The van der Waals surface area contributed by atoms with Crippen molar-refractivity contribution >= 4 is 5.97 Å². The van der Waals surface area contributed by atoms with Gasteiger partial charge in [-0.1, -0.05) is 43.7 Å². The minimum Gasteiger partial charge on any atom is -0.488 e. The summed E-state index contributed by atoms with van der Waals surface area (Å²) in [5.74, 6) is -0.507. The van der Waals surface area contributed by atoms with Crippen LogP contribution in [0.4, 0.5) is 0 Å². The van der Waals surface area contributed by atoms with Crippen molar-refractivity contribution < 1.29 is 14.6 Å². The molecule has 0 radical (unpaired) electrons. The van der Waals surface area contributed by atoms with Crippen LogP contribution in [0.1, 0.15) is 38.7 Å². The van der Waals surface area contributed by atoms with Crippen molar-refractivity contribution in [2.45, 2.75) is 51.9 Å². The molecule has 0 saturated carbocycles. The zero-order valence-corrected chi connectivity index (χ0v) is 15.3. The number of aliphatic carboxylic acids is 1. The summed E-state index contributed by atoms with van der Waals surface area (Å²) in [6, 6.07) is 9.93. The highest BCUT2D eigenvalue weighted by molar-refractivity contribution is 5.89. The molecule has 5 nitrogen and oxygen atoms in total. The highest BCUT2D eigenvalue weighted by Crippen LogP contribution is 2.33. The normalized spacial score (nSPS) is 21.8. The second-order valence-electron chi connectivity index (χ2n) is 6.67. The van der Waals surface area contributed by atoms with Gasteiger partial charge in [-0.3, -0.25) is 0 Å². The minimum atomic E-state index is -0.955. The van der Waals surface area contributed by atoms with Gasteiger partial charge in [0.2, 0.25) is 0 Å². The summed E-state index contributed by atoms with van der Waals surface area (Å²) in [5, 5.41) is 13.0. The van der Waals surface area contributed by atoms with Crippen LogP contribution in [0.3, 0.4) is 0 Å². The third-order valence-corrected chi connectivity index (χ3v) is 4.77. The molecule has 1 unspecified atom stereocenters. The van der Waals surface area contributed by atoms with Crippen molar-refractivity contribution in [3.8, 4) is 0 Å². The Labute approximate surface area is 154 Å². The van der Waals surface area contributed by atoms with Crippen molar-refractivity contribution in [2.75, 3.05) is 0 Å². The molecule has 0 spiro atoms. The number of carbonyl (C=O) groups is 1. The monoisotopic (exact) mass is 354 g/mol. The number of carboxylic acid groups (broad SMARTS) is 1. The second-order valence-corrected chi connectivity index (χ2v) is 6.67. The summed E-state index contributed by atoms with van der Waals surface area (Å²) in [7, 11) is 0. The standard InChI is InChI=1S/C21H26N2O3/c1-3-4-10-17-13-18(26-14-16-8-6-5-7-9-16)19(21(24)25)20-22-12-11-15(2)23(17)20/h5-9,11-13,15,20,22H,3-4,10,14H2,1-2H3,(H,24,25)/t15?,20-/m0/s1. The van der Waals surface area contributed by atoms with E-state index in [1.54, 1.807) is 0 Å². The first kappa shape index (κ1) is 18.1. The number of unbranched alkanes of at least 4 members (excludes halogenated alkanes) is 1. The van der Waals surface area contributed by atoms with E-state index in [4.69, 9.17) is 4.74 Å². The predicted octanol–water partition coefficient (Wildman–Crippen LogP) is 3.76. The SMILES string of the molecule is CCCCC1=CC(OCc2ccccc2)=C(C(=O)O)[C@H]2NC=CC(C)N12. The van der Waals surface area contributed by atoms with Gasteiger partial charge in [-0.15, -0.1) is 0 Å². The molecular formula is C21H26N2O3. The third-order valence-electron chi connectivity index (χ3n) is 4.77.